The summed E-state index contributed by atoms with van der Waals surface area (Å²) in [5.74, 6) is -0.0108. The van der Waals surface area contributed by atoms with Crippen molar-refractivity contribution in [3.63, 3.8) is 0 Å². The lowest BCUT2D eigenvalue weighted by Gasteiger charge is -2.07. The van der Waals surface area contributed by atoms with Gasteiger partial charge in [-0.25, -0.2) is 4.39 Å². The van der Waals surface area contributed by atoms with Crippen molar-refractivity contribution in [1.82, 2.24) is 0 Å². The first kappa shape index (κ1) is 12.4. The van der Waals surface area contributed by atoms with Crippen molar-refractivity contribution < 1.29 is 9.13 Å². The molecule has 2 aromatic carbocycles. The Morgan fingerprint density at radius 1 is 1.06 bits per heavy atom. The van der Waals surface area contributed by atoms with E-state index in [2.05, 4.69) is 0 Å². The van der Waals surface area contributed by atoms with Crippen LogP contribution in [-0.2, 0) is 6.42 Å². The van der Waals surface area contributed by atoms with Crippen molar-refractivity contribution in [2.45, 2.75) is 13.3 Å². The molecule has 0 atom stereocenters. The number of halogens is 1. The number of anilines is 1. The molecule has 0 aromatic heterocycles. The van der Waals surface area contributed by atoms with Gasteiger partial charge in [0, 0.05) is 5.69 Å². The second-order valence-electron chi connectivity index (χ2n) is 4.12. The molecular weight excluding hydrogens is 229 g/mol. The van der Waals surface area contributed by atoms with Crippen LogP contribution in [0.2, 0.25) is 0 Å². The average molecular weight is 245 g/mol. The van der Waals surface area contributed by atoms with Gasteiger partial charge < -0.3 is 10.5 Å². The quantitative estimate of drug-likeness (QED) is 0.838. The van der Waals surface area contributed by atoms with Gasteiger partial charge in [-0.1, -0.05) is 18.2 Å². The minimum atomic E-state index is -0.315. The molecule has 0 aliphatic rings. The summed E-state index contributed by atoms with van der Waals surface area (Å²) in [5.41, 5.74) is 8.38. The van der Waals surface area contributed by atoms with Crippen LogP contribution in [-0.4, -0.2) is 6.61 Å². The Morgan fingerprint density at radius 3 is 2.33 bits per heavy atom. The van der Waals surface area contributed by atoms with E-state index in [1.807, 2.05) is 37.3 Å². The van der Waals surface area contributed by atoms with E-state index >= 15 is 0 Å². The molecular formula is C15H16FNO. The van der Waals surface area contributed by atoms with Crippen LogP contribution in [0.25, 0.3) is 0 Å². The fourth-order valence-corrected chi connectivity index (χ4v) is 1.80. The second kappa shape index (κ2) is 5.54. The van der Waals surface area contributed by atoms with Gasteiger partial charge in [-0.2, -0.15) is 0 Å². The zero-order valence-electron chi connectivity index (χ0n) is 10.3. The molecule has 2 aromatic rings. The third-order valence-corrected chi connectivity index (χ3v) is 2.68. The van der Waals surface area contributed by atoms with Crippen molar-refractivity contribution in [3.8, 4) is 5.75 Å². The topological polar surface area (TPSA) is 35.2 Å². The van der Waals surface area contributed by atoms with Gasteiger partial charge in [0.15, 0.2) is 11.6 Å². The van der Waals surface area contributed by atoms with Crippen molar-refractivity contribution >= 4 is 5.69 Å². The van der Waals surface area contributed by atoms with Gasteiger partial charge in [-0.3, -0.25) is 0 Å². The third-order valence-electron chi connectivity index (χ3n) is 2.68. The number of hydrogen-bond donors (Lipinski definition) is 1. The molecule has 2 nitrogen and oxygen atoms in total. The molecule has 0 amide bonds. The van der Waals surface area contributed by atoms with Gasteiger partial charge in [-0.15, -0.1) is 0 Å². The molecule has 0 saturated heterocycles. The highest BCUT2D eigenvalue weighted by Gasteiger charge is 2.04. The van der Waals surface area contributed by atoms with Crippen LogP contribution in [0.1, 0.15) is 18.1 Å². The normalized spacial score (nSPS) is 10.3. The van der Waals surface area contributed by atoms with E-state index in [-0.39, 0.29) is 5.82 Å². The lowest BCUT2D eigenvalue weighted by molar-refractivity contribution is 0.321. The molecule has 0 heterocycles. The van der Waals surface area contributed by atoms with Crippen LogP contribution in [0.15, 0.2) is 42.5 Å². The number of ether oxygens (including phenoxy) is 1. The molecule has 2 rings (SSSR count). The number of nitrogen functional groups attached to an aromatic ring is 1. The predicted octanol–water partition coefficient (Wildman–Crippen LogP) is 3.40. The average Bonchev–Trinajstić information content (AvgIpc) is 2.36. The Labute approximate surface area is 106 Å². The highest BCUT2D eigenvalue weighted by molar-refractivity contribution is 5.41. The highest BCUT2D eigenvalue weighted by atomic mass is 19.1. The minimum Gasteiger partial charge on any atom is -0.491 e. The van der Waals surface area contributed by atoms with E-state index in [1.54, 1.807) is 6.07 Å². The Hall–Kier alpha value is -2.03. The zero-order chi connectivity index (χ0) is 13.0. The Morgan fingerprint density at radius 2 is 1.72 bits per heavy atom. The molecule has 0 aliphatic heterocycles. The third kappa shape index (κ3) is 3.00. The maximum absolute atomic E-state index is 13.7. The number of rotatable bonds is 4. The van der Waals surface area contributed by atoms with Crippen molar-refractivity contribution in [2.75, 3.05) is 12.3 Å². The fraction of sp³-hybridized carbons (Fsp3) is 0.200. The van der Waals surface area contributed by atoms with Crippen LogP contribution in [0.3, 0.4) is 0 Å². The standard InChI is InChI=1S/C15H16FNO/c1-2-18-15-8-5-12(10-14(15)16)9-11-3-6-13(17)7-4-11/h3-8,10H,2,9,17H2,1H3. The van der Waals surface area contributed by atoms with Gasteiger partial charge in [0.05, 0.1) is 6.61 Å². The summed E-state index contributed by atoms with van der Waals surface area (Å²) in [4.78, 5) is 0. The molecule has 0 fully saturated rings. The minimum absolute atomic E-state index is 0.304. The monoisotopic (exact) mass is 245 g/mol. The summed E-state index contributed by atoms with van der Waals surface area (Å²) in [6.45, 7) is 2.30. The first-order valence-corrected chi connectivity index (χ1v) is 5.94. The zero-order valence-corrected chi connectivity index (χ0v) is 10.3. The highest BCUT2D eigenvalue weighted by Crippen LogP contribution is 2.20. The van der Waals surface area contributed by atoms with E-state index < -0.39 is 0 Å². The molecule has 0 aliphatic carbocycles. The first-order valence-electron chi connectivity index (χ1n) is 5.94. The van der Waals surface area contributed by atoms with Gasteiger partial charge in [0.2, 0.25) is 0 Å². The molecule has 94 valence electrons. The SMILES string of the molecule is CCOc1ccc(Cc2ccc(N)cc2)cc1F. The van der Waals surface area contributed by atoms with Gasteiger partial charge in [-0.05, 0) is 48.7 Å². The summed E-state index contributed by atoms with van der Waals surface area (Å²) in [6.07, 6.45) is 0.684. The van der Waals surface area contributed by atoms with E-state index in [0.717, 1.165) is 16.8 Å². The molecule has 0 saturated carbocycles. The van der Waals surface area contributed by atoms with Crippen LogP contribution in [0.5, 0.6) is 5.75 Å². The fourth-order valence-electron chi connectivity index (χ4n) is 1.80. The van der Waals surface area contributed by atoms with E-state index in [0.29, 0.717) is 18.8 Å². The molecule has 0 unspecified atom stereocenters. The summed E-state index contributed by atoms with van der Waals surface area (Å²) >= 11 is 0. The molecule has 18 heavy (non-hydrogen) atoms. The summed E-state index contributed by atoms with van der Waals surface area (Å²) in [6, 6.07) is 12.7. The Bertz CT molecular complexity index is 523. The van der Waals surface area contributed by atoms with Crippen LogP contribution < -0.4 is 10.5 Å². The Balaban J connectivity index is 2.14. The predicted molar refractivity (Wildman–Crippen MR) is 71.2 cm³/mol. The summed E-state index contributed by atoms with van der Waals surface area (Å²) in [5, 5.41) is 0. The van der Waals surface area contributed by atoms with Crippen molar-refractivity contribution in [3.05, 3.63) is 59.4 Å². The van der Waals surface area contributed by atoms with Crippen molar-refractivity contribution in [1.29, 1.82) is 0 Å². The van der Waals surface area contributed by atoms with E-state index in [4.69, 9.17) is 10.5 Å². The largest absolute Gasteiger partial charge is 0.491 e. The second-order valence-corrected chi connectivity index (χ2v) is 4.12. The van der Waals surface area contributed by atoms with Crippen LogP contribution in [0, 0.1) is 5.82 Å². The van der Waals surface area contributed by atoms with Gasteiger partial charge in [0.25, 0.3) is 0 Å². The maximum Gasteiger partial charge on any atom is 0.165 e. The lowest BCUT2D eigenvalue weighted by atomic mass is 10.0. The van der Waals surface area contributed by atoms with Crippen molar-refractivity contribution in [2.24, 2.45) is 0 Å². The lowest BCUT2D eigenvalue weighted by Crippen LogP contribution is -1.96. The van der Waals surface area contributed by atoms with Crippen LogP contribution >= 0.6 is 0 Å². The molecule has 2 N–H and O–H groups in total. The van der Waals surface area contributed by atoms with E-state index in [1.165, 1.54) is 6.07 Å². The molecule has 0 radical (unpaired) electrons. The number of hydrogen-bond acceptors (Lipinski definition) is 2. The molecule has 3 heteroatoms. The smallest absolute Gasteiger partial charge is 0.165 e. The Kier molecular flexibility index (Phi) is 3.82. The van der Waals surface area contributed by atoms with Gasteiger partial charge >= 0.3 is 0 Å². The van der Waals surface area contributed by atoms with E-state index in [9.17, 15) is 4.39 Å². The molecule has 0 spiro atoms. The maximum atomic E-state index is 13.7. The summed E-state index contributed by atoms with van der Waals surface area (Å²) in [7, 11) is 0. The van der Waals surface area contributed by atoms with Crippen LogP contribution in [0.4, 0.5) is 10.1 Å². The molecule has 0 bridgehead atoms. The first-order chi connectivity index (χ1) is 8.69. The summed E-state index contributed by atoms with van der Waals surface area (Å²) < 4.78 is 18.8. The number of nitrogens with two attached hydrogens (primary N) is 1. The van der Waals surface area contributed by atoms with Gasteiger partial charge in [0.1, 0.15) is 0 Å². The number of benzene rings is 2.